The van der Waals surface area contributed by atoms with Gasteiger partial charge in [-0.05, 0) is 32.6 Å². The van der Waals surface area contributed by atoms with Gasteiger partial charge in [0.1, 0.15) is 6.10 Å². The molecule has 0 bridgehead atoms. The molecule has 0 radical (unpaired) electrons. The van der Waals surface area contributed by atoms with Gasteiger partial charge in [-0.15, -0.1) is 0 Å². The van der Waals surface area contributed by atoms with Gasteiger partial charge in [-0.2, -0.15) is 0 Å². The SMILES string of the molecule is CCOC(=O)c1cc(OC2CCCCCC2)ncc1N. The molecule has 1 aromatic rings. The van der Waals surface area contributed by atoms with E-state index in [0.717, 1.165) is 12.8 Å². The van der Waals surface area contributed by atoms with Gasteiger partial charge in [-0.3, -0.25) is 0 Å². The molecule has 0 spiro atoms. The number of carbonyl (C=O) groups is 1. The number of pyridine rings is 1. The lowest BCUT2D eigenvalue weighted by molar-refractivity contribution is 0.0526. The number of hydrogen-bond donors (Lipinski definition) is 1. The minimum atomic E-state index is -0.432. The highest BCUT2D eigenvalue weighted by molar-refractivity contribution is 5.95. The van der Waals surface area contributed by atoms with Gasteiger partial charge < -0.3 is 15.2 Å². The molecule has 2 rings (SSSR count). The van der Waals surface area contributed by atoms with Crippen molar-refractivity contribution < 1.29 is 14.3 Å². The van der Waals surface area contributed by atoms with Crippen LogP contribution in [-0.2, 0) is 4.74 Å². The third kappa shape index (κ3) is 3.85. The molecular formula is C15H22N2O3. The number of rotatable bonds is 4. The van der Waals surface area contributed by atoms with Crippen molar-refractivity contribution in [3.05, 3.63) is 17.8 Å². The molecule has 1 saturated carbocycles. The molecule has 0 atom stereocenters. The molecular weight excluding hydrogens is 256 g/mol. The van der Waals surface area contributed by atoms with E-state index in [4.69, 9.17) is 15.2 Å². The van der Waals surface area contributed by atoms with Gasteiger partial charge in [0, 0.05) is 6.07 Å². The molecule has 0 saturated heterocycles. The quantitative estimate of drug-likeness (QED) is 0.677. The minimum Gasteiger partial charge on any atom is -0.474 e. The Morgan fingerprint density at radius 3 is 2.70 bits per heavy atom. The van der Waals surface area contributed by atoms with Gasteiger partial charge in [0.2, 0.25) is 5.88 Å². The van der Waals surface area contributed by atoms with Gasteiger partial charge in [-0.25, -0.2) is 9.78 Å². The van der Waals surface area contributed by atoms with Gasteiger partial charge in [0.05, 0.1) is 24.1 Å². The summed E-state index contributed by atoms with van der Waals surface area (Å²) in [6, 6.07) is 1.58. The van der Waals surface area contributed by atoms with Crippen LogP contribution in [0.25, 0.3) is 0 Å². The lowest BCUT2D eigenvalue weighted by atomic mass is 10.1. The number of aromatic nitrogens is 1. The molecule has 0 aromatic carbocycles. The van der Waals surface area contributed by atoms with Crippen molar-refractivity contribution in [2.45, 2.75) is 51.6 Å². The lowest BCUT2D eigenvalue weighted by Gasteiger charge is -2.16. The second kappa shape index (κ2) is 7.12. The minimum absolute atomic E-state index is 0.184. The second-order valence-corrected chi connectivity index (χ2v) is 5.06. The Morgan fingerprint density at radius 1 is 1.35 bits per heavy atom. The maximum absolute atomic E-state index is 11.8. The summed E-state index contributed by atoms with van der Waals surface area (Å²) in [4.78, 5) is 15.9. The lowest BCUT2D eigenvalue weighted by Crippen LogP contribution is -2.17. The van der Waals surface area contributed by atoms with Crippen LogP contribution in [0.4, 0.5) is 5.69 Å². The topological polar surface area (TPSA) is 74.4 Å². The number of carbonyl (C=O) groups excluding carboxylic acids is 1. The molecule has 1 fully saturated rings. The first-order valence-corrected chi connectivity index (χ1v) is 7.30. The number of nitrogen functional groups attached to an aromatic ring is 1. The maximum Gasteiger partial charge on any atom is 0.340 e. The van der Waals surface area contributed by atoms with E-state index in [-0.39, 0.29) is 6.10 Å². The van der Waals surface area contributed by atoms with Crippen LogP contribution in [0, 0.1) is 0 Å². The third-order valence-corrected chi connectivity index (χ3v) is 3.49. The second-order valence-electron chi connectivity index (χ2n) is 5.06. The average Bonchev–Trinajstić information content (AvgIpc) is 2.70. The summed E-state index contributed by atoms with van der Waals surface area (Å²) in [7, 11) is 0. The Hall–Kier alpha value is -1.78. The van der Waals surface area contributed by atoms with Gasteiger partial charge in [0.15, 0.2) is 0 Å². The van der Waals surface area contributed by atoms with E-state index in [1.54, 1.807) is 13.0 Å². The van der Waals surface area contributed by atoms with E-state index in [0.29, 0.717) is 23.7 Å². The van der Waals surface area contributed by atoms with E-state index < -0.39 is 5.97 Å². The first-order valence-electron chi connectivity index (χ1n) is 7.30. The number of ether oxygens (including phenoxy) is 2. The summed E-state index contributed by atoms with van der Waals surface area (Å²) in [5, 5.41) is 0. The molecule has 1 aromatic heterocycles. The largest absolute Gasteiger partial charge is 0.474 e. The molecule has 1 aliphatic rings. The molecule has 5 nitrogen and oxygen atoms in total. The Kier molecular flexibility index (Phi) is 5.21. The van der Waals surface area contributed by atoms with Crippen molar-refractivity contribution in [3.8, 4) is 5.88 Å². The highest BCUT2D eigenvalue weighted by atomic mass is 16.5. The van der Waals surface area contributed by atoms with Gasteiger partial charge in [-0.1, -0.05) is 12.8 Å². The third-order valence-electron chi connectivity index (χ3n) is 3.49. The van der Waals surface area contributed by atoms with E-state index in [1.165, 1.54) is 31.9 Å². The van der Waals surface area contributed by atoms with Crippen molar-refractivity contribution in [1.82, 2.24) is 4.98 Å². The number of anilines is 1. The smallest absolute Gasteiger partial charge is 0.340 e. The zero-order chi connectivity index (χ0) is 14.4. The molecule has 2 N–H and O–H groups in total. The molecule has 5 heteroatoms. The zero-order valence-electron chi connectivity index (χ0n) is 11.9. The van der Waals surface area contributed by atoms with Crippen molar-refractivity contribution in [2.75, 3.05) is 12.3 Å². The van der Waals surface area contributed by atoms with Crippen LogP contribution in [0.2, 0.25) is 0 Å². The molecule has 0 amide bonds. The summed E-state index contributed by atoms with van der Waals surface area (Å²) in [5.74, 6) is 0.0206. The molecule has 1 aliphatic carbocycles. The van der Waals surface area contributed by atoms with Crippen LogP contribution in [0.1, 0.15) is 55.8 Å². The van der Waals surface area contributed by atoms with Crippen LogP contribution in [0.3, 0.4) is 0 Å². The number of hydrogen-bond acceptors (Lipinski definition) is 5. The van der Waals surface area contributed by atoms with Crippen LogP contribution >= 0.6 is 0 Å². The summed E-state index contributed by atoms with van der Waals surface area (Å²) >= 11 is 0. The van der Waals surface area contributed by atoms with E-state index in [2.05, 4.69) is 4.98 Å². The first-order chi connectivity index (χ1) is 9.70. The fourth-order valence-electron chi connectivity index (χ4n) is 2.43. The maximum atomic E-state index is 11.8. The Labute approximate surface area is 119 Å². The molecule has 20 heavy (non-hydrogen) atoms. The Balaban J connectivity index is 2.08. The predicted molar refractivity (Wildman–Crippen MR) is 76.7 cm³/mol. The van der Waals surface area contributed by atoms with Crippen molar-refractivity contribution in [2.24, 2.45) is 0 Å². The van der Waals surface area contributed by atoms with E-state index in [1.807, 2.05) is 0 Å². The highest BCUT2D eigenvalue weighted by Gasteiger charge is 2.17. The fourth-order valence-corrected chi connectivity index (χ4v) is 2.43. The summed E-state index contributed by atoms with van der Waals surface area (Å²) in [6.45, 7) is 2.08. The van der Waals surface area contributed by atoms with Gasteiger partial charge >= 0.3 is 5.97 Å². The predicted octanol–water partition coefficient (Wildman–Crippen LogP) is 2.94. The first kappa shape index (κ1) is 14.6. The fraction of sp³-hybridized carbons (Fsp3) is 0.600. The van der Waals surface area contributed by atoms with Crippen molar-refractivity contribution >= 4 is 11.7 Å². The Morgan fingerprint density at radius 2 is 2.05 bits per heavy atom. The van der Waals surface area contributed by atoms with Crippen molar-refractivity contribution in [3.63, 3.8) is 0 Å². The standard InChI is InChI=1S/C15H22N2O3/c1-2-19-15(18)12-9-14(17-10-13(12)16)20-11-7-5-3-4-6-8-11/h9-11H,2-8,16H2,1H3. The Bertz CT molecular complexity index is 454. The molecule has 0 aliphatic heterocycles. The molecule has 0 unspecified atom stereocenters. The van der Waals surface area contributed by atoms with Crippen LogP contribution in [-0.4, -0.2) is 23.7 Å². The normalized spacial score (nSPS) is 16.4. The highest BCUT2D eigenvalue weighted by Crippen LogP contribution is 2.24. The number of nitrogens with two attached hydrogens (primary N) is 1. The summed E-state index contributed by atoms with van der Waals surface area (Å²) < 4.78 is 10.9. The zero-order valence-corrected chi connectivity index (χ0v) is 11.9. The van der Waals surface area contributed by atoms with E-state index in [9.17, 15) is 4.79 Å². The van der Waals surface area contributed by atoms with Gasteiger partial charge in [0.25, 0.3) is 0 Å². The number of nitrogens with zero attached hydrogens (tertiary/aromatic N) is 1. The average molecular weight is 278 g/mol. The van der Waals surface area contributed by atoms with Crippen molar-refractivity contribution in [1.29, 1.82) is 0 Å². The van der Waals surface area contributed by atoms with Crippen LogP contribution in [0.15, 0.2) is 12.3 Å². The summed E-state index contributed by atoms with van der Waals surface area (Å²) in [5.41, 5.74) is 6.40. The van der Waals surface area contributed by atoms with Crippen LogP contribution in [0.5, 0.6) is 5.88 Å². The summed E-state index contributed by atoms with van der Waals surface area (Å²) in [6.07, 6.45) is 8.63. The number of esters is 1. The molecule has 1 heterocycles. The molecule has 110 valence electrons. The van der Waals surface area contributed by atoms with Crippen LogP contribution < -0.4 is 10.5 Å². The monoisotopic (exact) mass is 278 g/mol. The van der Waals surface area contributed by atoms with E-state index >= 15 is 0 Å².